The number of pyridine rings is 1. The first-order valence-corrected chi connectivity index (χ1v) is 9.62. The van der Waals surface area contributed by atoms with Crippen molar-refractivity contribution in [3.05, 3.63) is 59.4 Å². The third-order valence-corrected chi connectivity index (χ3v) is 4.35. The maximum Gasteiger partial charge on any atom is 0.274 e. The molecule has 2 amide bonds. The zero-order valence-electron chi connectivity index (χ0n) is 16.7. The lowest BCUT2D eigenvalue weighted by atomic mass is 10.0. The van der Waals surface area contributed by atoms with Gasteiger partial charge in [-0.25, -0.2) is 0 Å². The Labute approximate surface area is 161 Å². The van der Waals surface area contributed by atoms with Crippen molar-refractivity contribution in [3.8, 4) is 0 Å². The number of nitrogens with zero attached hydrogens (tertiary/aromatic N) is 2. The number of hydrogen-bond donors (Lipinski definition) is 1. The van der Waals surface area contributed by atoms with Gasteiger partial charge in [-0.15, -0.1) is 0 Å². The molecule has 0 aliphatic rings. The summed E-state index contributed by atoms with van der Waals surface area (Å²) in [4.78, 5) is 31.2. The number of nitrogens with one attached hydrogen (secondary N) is 1. The van der Waals surface area contributed by atoms with Crippen molar-refractivity contribution in [1.29, 1.82) is 0 Å². The molecule has 144 valence electrons. The lowest BCUT2D eigenvalue weighted by molar-refractivity contribution is 0.0755. The second-order valence-electron chi connectivity index (χ2n) is 6.95. The molecule has 0 saturated heterocycles. The highest BCUT2D eigenvalue weighted by molar-refractivity contribution is 6.04. The van der Waals surface area contributed by atoms with E-state index in [-0.39, 0.29) is 17.5 Å². The zero-order chi connectivity index (χ0) is 19.8. The van der Waals surface area contributed by atoms with E-state index < -0.39 is 0 Å². The minimum absolute atomic E-state index is 0.0589. The van der Waals surface area contributed by atoms with Gasteiger partial charge < -0.3 is 10.2 Å². The van der Waals surface area contributed by atoms with Crippen molar-refractivity contribution in [1.82, 2.24) is 9.88 Å². The summed E-state index contributed by atoms with van der Waals surface area (Å²) in [5.74, 6) is 0.0595. The molecule has 0 spiro atoms. The van der Waals surface area contributed by atoms with E-state index in [0.29, 0.717) is 30.3 Å². The number of carbonyl (C=O) groups is 2. The van der Waals surface area contributed by atoms with Gasteiger partial charge in [-0.2, -0.15) is 0 Å². The Hall–Kier alpha value is -2.69. The zero-order valence-corrected chi connectivity index (χ0v) is 16.7. The predicted octanol–water partition coefficient (Wildman–Crippen LogP) is 4.72. The second-order valence-corrected chi connectivity index (χ2v) is 6.95. The Morgan fingerprint density at radius 2 is 1.67 bits per heavy atom. The third-order valence-electron chi connectivity index (χ3n) is 4.35. The van der Waals surface area contributed by atoms with Gasteiger partial charge >= 0.3 is 0 Å². The molecule has 1 aromatic heterocycles. The largest absolute Gasteiger partial charge is 0.339 e. The number of rotatable bonds is 8. The summed E-state index contributed by atoms with van der Waals surface area (Å²) >= 11 is 0. The molecule has 0 fully saturated rings. The second kappa shape index (κ2) is 9.86. The van der Waals surface area contributed by atoms with Crippen LogP contribution in [0.5, 0.6) is 0 Å². The normalized spacial score (nSPS) is 10.7. The third kappa shape index (κ3) is 5.64. The number of hydrogen-bond acceptors (Lipinski definition) is 3. The van der Waals surface area contributed by atoms with E-state index in [4.69, 9.17) is 0 Å². The van der Waals surface area contributed by atoms with Gasteiger partial charge in [0.05, 0.1) is 0 Å². The molecule has 0 radical (unpaired) electrons. The summed E-state index contributed by atoms with van der Waals surface area (Å²) in [7, 11) is 0. The SMILES string of the molecule is CCCN(CCC)C(=O)c1ccnc(C(=O)Nc2ccc(C(C)C)cc2)c1. The molecule has 2 rings (SSSR count). The standard InChI is InChI=1S/C22H29N3O2/c1-5-13-25(14-6-2)22(27)18-11-12-23-20(15-18)21(26)24-19-9-7-17(8-10-19)16(3)4/h7-12,15-16H,5-6,13-14H2,1-4H3,(H,24,26). The van der Waals surface area contributed by atoms with Crippen LogP contribution in [0.2, 0.25) is 0 Å². The monoisotopic (exact) mass is 367 g/mol. The summed E-state index contributed by atoms with van der Waals surface area (Å²) < 4.78 is 0. The summed E-state index contributed by atoms with van der Waals surface area (Å²) in [5.41, 5.74) is 2.65. The maximum absolute atomic E-state index is 12.7. The molecule has 1 N–H and O–H groups in total. The Kier molecular flexibility index (Phi) is 7.53. The van der Waals surface area contributed by atoms with Gasteiger partial charge in [0.2, 0.25) is 0 Å². The molecule has 0 aliphatic heterocycles. The van der Waals surface area contributed by atoms with Crippen LogP contribution in [0.3, 0.4) is 0 Å². The highest BCUT2D eigenvalue weighted by Crippen LogP contribution is 2.18. The van der Waals surface area contributed by atoms with Crippen molar-refractivity contribution in [3.63, 3.8) is 0 Å². The van der Waals surface area contributed by atoms with Crippen LogP contribution in [-0.4, -0.2) is 34.8 Å². The van der Waals surface area contributed by atoms with Gasteiger partial charge in [-0.1, -0.05) is 39.8 Å². The fraction of sp³-hybridized carbons (Fsp3) is 0.409. The first kappa shape index (κ1) is 20.6. The van der Waals surface area contributed by atoms with E-state index in [0.717, 1.165) is 12.8 Å². The molecule has 0 atom stereocenters. The maximum atomic E-state index is 12.7. The van der Waals surface area contributed by atoms with Crippen LogP contribution in [0.1, 0.15) is 72.9 Å². The van der Waals surface area contributed by atoms with Crippen LogP contribution in [-0.2, 0) is 0 Å². The van der Waals surface area contributed by atoms with Gasteiger partial charge in [-0.05, 0) is 48.6 Å². The van der Waals surface area contributed by atoms with Crippen LogP contribution < -0.4 is 5.32 Å². The quantitative estimate of drug-likeness (QED) is 0.734. The fourth-order valence-electron chi connectivity index (χ4n) is 2.87. The minimum Gasteiger partial charge on any atom is -0.339 e. The Morgan fingerprint density at radius 1 is 1.04 bits per heavy atom. The molecule has 0 saturated carbocycles. The Morgan fingerprint density at radius 3 is 2.22 bits per heavy atom. The molecule has 0 unspecified atom stereocenters. The molecule has 27 heavy (non-hydrogen) atoms. The summed E-state index contributed by atoms with van der Waals surface area (Å²) in [5, 5.41) is 2.84. The molecule has 5 heteroatoms. The average Bonchev–Trinajstić information content (AvgIpc) is 2.67. The van der Waals surface area contributed by atoms with Crippen LogP contribution in [0, 0.1) is 0 Å². The number of amides is 2. The molecule has 1 heterocycles. The topological polar surface area (TPSA) is 62.3 Å². The van der Waals surface area contributed by atoms with Gasteiger partial charge in [0.15, 0.2) is 0 Å². The molecule has 2 aromatic rings. The van der Waals surface area contributed by atoms with Crippen LogP contribution in [0.25, 0.3) is 0 Å². The number of aromatic nitrogens is 1. The molecule has 0 bridgehead atoms. The first-order chi connectivity index (χ1) is 13.0. The molecular formula is C22H29N3O2. The lowest BCUT2D eigenvalue weighted by Gasteiger charge is -2.21. The van der Waals surface area contributed by atoms with Gasteiger partial charge in [0, 0.05) is 30.5 Å². The van der Waals surface area contributed by atoms with Gasteiger partial charge in [0.25, 0.3) is 11.8 Å². The summed E-state index contributed by atoms with van der Waals surface area (Å²) in [6, 6.07) is 11.0. The van der Waals surface area contributed by atoms with Gasteiger partial charge in [0.1, 0.15) is 5.69 Å². The van der Waals surface area contributed by atoms with Crippen LogP contribution in [0.15, 0.2) is 42.6 Å². The van der Waals surface area contributed by atoms with Crippen LogP contribution >= 0.6 is 0 Å². The van der Waals surface area contributed by atoms with E-state index in [1.54, 1.807) is 12.1 Å². The van der Waals surface area contributed by atoms with Crippen molar-refractivity contribution < 1.29 is 9.59 Å². The summed E-state index contributed by atoms with van der Waals surface area (Å²) in [6.45, 7) is 9.76. The van der Waals surface area contributed by atoms with E-state index in [2.05, 4.69) is 24.1 Å². The molecule has 5 nitrogen and oxygen atoms in total. The molecular weight excluding hydrogens is 338 g/mol. The van der Waals surface area contributed by atoms with Crippen molar-refractivity contribution >= 4 is 17.5 Å². The average molecular weight is 367 g/mol. The van der Waals surface area contributed by atoms with E-state index in [1.807, 2.05) is 43.0 Å². The van der Waals surface area contributed by atoms with Crippen molar-refractivity contribution in [2.75, 3.05) is 18.4 Å². The van der Waals surface area contributed by atoms with Crippen molar-refractivity contribution in [2.24, 2.45) is 0 Å². The highest BCUT2D eigenvalue weighted by Gasteiger charge is 2.17. The summed E-state index contributed by atoms with van der Waals surface area (Å²) in [6.07, 6.45) is 3.31. The number of anilines is 1. The lowest BCUT2D eigenvalue weighted by Crippen LogP contribution is -2.32. The molecule has 0 aliphatic carbocycles. The van der Waals surface area contributed by atoms with Crippen LogP contribution in [0.4, 0.5) is 5.69 Å². The van der Waals surface area contributed by atoms with E-state index in [1.165, 1.54) is 11.8 Å². The van der Waals surface area contributed by atoms with E-state index >= 15 is 0 Å². The van der Waals surface area contributed by atoms with Gasteiger partial charge in [-0.3, -0.25) is 14.6 Å². The van der Waals surface area contributed by atoms with Crippen molar-refractivity contribution in [2.45, 2.75) is 46.5 Å². The molecule has 1 aromatic carbocycles. The number of carbonyl (C=O) groups excluding carboxylic acids is 2. The fourth-order valence-corrected chi connectivity index (χ4v) is 2.87. The first-order valence-electron chi connectivity index (χ1n) is 9.62. The highest BCUT2D eigenvalue weighted by atomic mass is 16.2. The van der Waals surface area contributed by atoms with E-state index in [9.17, 15) is 9.59 Å². The minimum atomic E-state index is -0.320. The Bertz CT molecular complexity index is 763. The Balaban J connectivity index is 2.13. The number of benzene rings is 1. The predicted molar refractivity (Wildman–Crippen MR) is 109 cm³/mol. The smallest absolute Gasteiger partial charge is 0.274 e.